The lowest BCUT2D eigenvalue weighted by Gasteiger charge is -2.44. The van der Waals surface area contributed by atoms with E-state index >= 15 is 0 Å². The van der Waals surface area contributed by atoms with Gasteiger partial charge >= 0.3 is 6.03 Å². The smallest absolute Gasteiger partial charge is 0.323 e. The zero-order chi connectivity index (χ0) is 18.6. The van der Waals surface area contributed by atoms with Crippen molar-refractivity contribution in [1.82, 2.24) is 15.1 Å². The van der Waals surface area contributed by atoms with E-state index in [1.54, 1.807) is 7.05 Å². The maximum atomic E-state index is 13.1. The van der Waals surface area contributed by atoms with Crippen LogP contribution in [-0.4, -0.2) is 67.0 Å². The minimum Gasteiger partial charge on any atom is -0.323 e. The molecular formula is C17H29N3O4S. The highest BCUT2D eigenvalue weighted by Crippen LogP contribution is 2.46. The molecule has 142 valence electrons. The Balaban J connectivity index is 1.73. The fraction of sp³-hybridized carbons (Fsp3) is 0.882. The second kappa shape index (κ2) is 5.94. The van der Waals surface area contributed by atoms with Gasteiger partial charge < -0.3 is 5.32 Å². The topological polar surface area (TPSA) is 86.8 Å². The summed E-state index contributed by atoms with van der Waals surface area (Å²) in [5.74, 6) is 0.482. The molecule has 0 aromatic rings. The van der Waals surface area contributed by atoms with E-state index in [0.29, 0.717) is 25.2 Å². The molecule has 0 bridgehead atoms. The molecule has 0 radical (unpaired) electrons. The molecule has 1 aliphatic carbocycles. The molecular weight excluding hydrogens is 342 g/mol. The number of nitrogens with zero attached hydrogens (tertiary/aromatic N) is 2. The van der Waals surface area contributed by atoms with E-state index in [4.69, 9.17) is 0 Å². The number of carbonyl (C=O) groups is 2. The van der Waals surface area contributed by atoms with Gasteiger partial charge in [-0.1, -0.05) is 20.8 Å². The number of sulfone groups is 1. The summed E-state index contributed by atoms with van der Waals surface area (Å²) in [6.45, 7) is 6.55. The van der Waals surface area contributed by atoms with Crippen molar-refractivity contribution in [2.45, 2.75) is 58.0 Å². The van der Waals surface area contributed by atoms with Crippen molar-refractivity contribution in [3.63, 3.8) is 0 Å². The van der Waals surface area contributed by atoms with Crippen LogP contribution in [0, 0.1) is 11.3 Å². The first-order chi connectivity index (χ1) is 11.4. The molecule has 0 aromatic heterocycles. The van der Waals surface area contributed by atoms with Gasteiger partial charge in [0.1, 0.15) is 5.54 Å². The average molecular weight is 372 g/mol. The van der Waals surface area contributed by atoms with E-state index in [2.05, 4.69) is 26.1 Å². The van der Waals surface area contributed by atoms with Gasteiger partial charge in [0.15, 0.2) is 9.84 Å². The standard InChI is InChI=1S/C17H29N3O4S/c1-12-7-16(2,3)10-17(8-12)14(21)20(15(22)18-17)11-19(4)13-5-6-25(23,24)9-13/h12-13H,5-11H2,1-4H3,(H,18,22). The number of rotatable bonds is 3. The second-order valence-corrected chi connectivity index (χ2v) is 11.3. The van der Waals surface area contributed by atoms with E-state index in [1.807, 2.05) is 4.90 Å². The highest BCUT2D eigenvalue weighted by atomic mass is 32.2. The van der Waals surface area contributed by atoms with Gasteiger partial charge in [-0.3, -0.25) is 9.69 Å². The molecule has 3 rings (SSSR count). The van der Waals surface area contributed by atoms with Crippen LogP contribution in [0.3, 0.4) is 0 Å². The van der Waals surface area contributed by atoms with Crippen LogP contribution < -0.4 is 5.32 Å². The minimum absolute atomic E-state index is 0.00203. The second-order valence-electron chi connectivity index (χ2n) is 9.06. The summed E-state index contributed by atoms with van der Waals surface area (Å²) >= 11 is 0. The predicted octanol–water partition coefficient (Wildman–Crippen LogP) is 1.20. The van der Waals surface area contributed by atoms with Gasteiger partial charge in [-0.05, 0) is 44.1 Å². The van der Waals surface area contributed by atoms with E-state index in [1.165, 1.54) is 4.90 Å². The van der Waals surface area contributed by atoms with Crippen LogP contribution >= 0.6 is 0 Å². The highest BCUT2D eigenvalue weighted by Gasteiger charge is 2.56. The summed E-state index contributed by atoms with van der Waals surface area (Å²) in [4.78, 5) is 28.7. The van der Waals surface area contributed by atoms with Crippen LogP contribution in [0.4, 0.5) is 4.79 Å². The van der Waals surface area contributed by atoms with E-state index in [-0.39, 0.29) is 41.6 Å². The molecule has 3 fully saturated rings. The lowest BCUT2D eigenvalue weighted by atomic mass is 9.64. The first-order valence-electron chi connectivity index (χ1n) is 8.98. The molecule has 2 aliphatic heterocycles. The van der Waals surface area contributed by atoms with Gasteiger partial charge in [-0.25, -0.2) is 18.1 Å². The summed E-state index contributed by atoms with van der Waals surface area (Å²) in [5.41, 5.74) is -0.803. The Morgan fingerprint density at radius 1 is 1.28 bits per heavy atom. The van der Waals surface area contributed by atoms with Crippen LogP contribution in [0.15, 0.2) is 0 Å². The molecule has 1 spiro atoms. The minimum atomic E-state index is -3.00. The average Bonchev–Trinajstić information content (AvgIpc) is 2.89. The Kier molecular flexibility index (Phi) is 4.43. The van der Waals surface area contributed by atoms with Gasteiger partial charge in [0, 0.05) is 6.04 Å². The van der Waals surface area contributed by atoms with Gasteiger partial charge in [0.05, 0.1) is 18.2 Å². The number of amides is 3. The maximum absolute atomic E-state index is 13.1. The van der Waals surface area contributed by atoms with Crippen LogP contribution in [0.25, 0.3) is 0 Å². The predicted molar refractivity (Wildman–Crippen MR) is 94.6 cm³/mol. The third-order valence-electron chi connectivity index (χ3n) is 5.82. The summed E-state index contributed by atoms with van der Waals surface area (Å²) in [7, 11) is -1.21. The Bertz CT molecular complexity index is 690. The Hall–Kier alpha value is -1.15. The summed E-state index contributed by atoms with van der Waals surface area (Å²) in [5, 5.41) is 2.96. The maximum Gasteiger partial charge on any atom is 0.326 e. The number of nitrogens with one attached hydrogen (secondary N) is 1. The number of hydrogen-bond acceptors (Lipinski definition) is 5. The quantitative estimate of drug-likeness (QED) is 0.753. The number of hydrogen-bond donors (Lipinski definition) is 1. The Morgan fingerprint density at radius 3 is 2.52 bits per heavy atom. The third kappa shape index (κ3) is 3.56. The molecule has 0 aromatic carbocycles. The third-order valence-corrected chi connectivity index (χ3v) is 7.57. The SMILES string of the molecule is CC1CC(C)(C)CC2(C1)NC(=O)N(CN(C)C1CCS(=O)(=O)C1)C2=O. The molecule has 3 amide bonds. The monoisotopic (exact) mass is 371 g/mol. The lowest BCUT2D eigenvalue weighted by Crippen LogP contribution is -2.54. The number of imide groups is 1. The zero-order valence-electron chi connectivity index (χ0n) is 15.5. The largest absolute Gasteiger partial charge is 0.326 e. The fourth-order valence-corrected chi connectivity index (χ4v) is 6.90. The van der Waals surface area contributed by atoms with Gasteiger partial charge in [-0.2, -0.15) is 0 Å². The van der Waals surface area contributed by atoms with E-state index in [9.17, 15) is 18.0 Å². The highest BCUT2D eigenvalue weighted by molar-refractivity contribution is 7.91. The number of urea groups is 1. The summed E-state index contributed by atoms with van der Waals surface area (Å²) in [6.07, 6.45) is 2.90. The van der Waals surface area contributed by atoms with Crippen molar-refractivity contribution >= 4 is 21.8 Å². The van der Waals surface area contributed by atoms with Crippen LogP contribution in [0.1, 0.15) is 46.5 Å². The normalized spacial score (nSPS) is 37.1. The van der Waals surface area contributed by atoms with Crippen LogP contribution in [0.5, 0.6) is 0 Å². The zero-order valence-corrected chi connectivity index (χ0v) is 16.4. The molecule has 25 heavy (non-hydrogen) atoms. The molecule has 7 nitrogen and oxygen atoms in total. The summed E-state index contributed by atoms with van der Waals surface area (Å²) < 4.78 is 23.3. The van der Waals surface area contributed by atoms with E-state index < -0.39 is 15.4 Å². The van der Waals surface area contributed by atoms with Gasteiger partial charge in [-0.15, -0.1) is 0 Å². The van der Waals surface area contributed by atoms with E-state index in [0.717, 1.165) is 6.42 Å². The number of carbonyl (C=O) groups excluding carboxylic acids is 2. The van der Waals surface area contributed by atoms with Crippen LogP contribution in [-0.2, 0) is 14.6 Å². The Morgan fingerprint density at radius 2 is 1.96 bits per heavy atom. The first-order valence-corrected chi connectivity index (χ1v) is 10.8. The molecule has 3 atom stereocenters. The van der Waals surface area contributed by atoms with Crippen LogP contribution in [0.2, 0.25) is 0 Å². The first kappa shape index (κ1) is 18.6. The lowest BCUT2D eigenvalue weighted by molar-refractivity contribution is -0.136. The van der Waals surface area contributed by atoms with Crippen molar-refractivity contribution in [3.05, 3.63) is 0 Å². The van der Waals surface area contributed by atoms with Crippen molar-refractivity contribution < 1.29 is 18.0 Å². The molecule has 1 N–H and O–H groups in total. The molecule has 3 unspecified atom stereocenters. The molecule has 1 saturated carbocycles. The van der Waals surface area contributed by atoms with Crippen molar-refractivity contribution in [2.75, 3.05) is 25.2 Å². The fourth-order valence-electron chi connectivity index (χ4n) is 5.10. The van der Waals surface area contributed by atoms with Crippen molar-refractivity contribution in [3.8, 4) is 0 Å². The molecule has 8 heteroatoms. The van der Waals surface area contributed by atoms with Crippen molar-refractivity contribution in [1.29, 1.82) is 0 Å². The Labute approximate surface area is 150 Å². The molecule has 3 aliphatic rings. The van der Waals surface area contributed by atoms with Gasteiger partial charge in [0.25, 0.3) is 5.91 Å². The molecule has 2 saturated heterocycles. The summed E-state index contributed by atoms with van der Waals surface area (Å²) in [6, 6.07) is -0.494. The molecule has 2 heterocycles. The van der Waals surface area contributed by atoms with Gasteiger partial charge in [0.2, 0.25) is 0 Å². The van der Waals surface area contributed by atoms with Crippen molar-refractivity contribution in [2.24, 2.45) is 11.3 Å².